The maximum absolute atomic E-state index is 8.22. The van der Waals surface area contributed by atoms with E-state index in [4.69, 9.17) is 5.41 Å². The zero-order valence-corrected chi connectivity index (χ0v) is 15.1. The van der Waals surface area contributed by atoms with Crippen molar-refractivity contribution in [3.8, 4) is 0 Å². The summed E-state index contributed by atoms with van der Waals surface area (Å²) in [6, 6.07) is 0.458. The molecule has 0 aromatic rings. The fraction of sp³-hybridized carbons (Fsp3) is 0.833. The molecule has 0 heterocycles. The van der Waals surface area contributed by atoms with Crippen LogP contribution in [-0.2, 0) is 0 Å². The highest BCUT2D eigenvalue weighted by Gasteiger charge is 2.24. The monoisotopic (exact) mass is 321 g/mol. The Kier molecular flexibility index (Phi) is 6.75. The highest BCUT2D eigenvalue weighted by atomic mass is 15.5. The molecule has 0 radical (unpaired) electrons. The molecule has 4 N–H and O–H groups in total. The van der Waals surface area contributed by atoms with Crippen LogP contribution in [0, 0.1) is 17.2 Å². The molecule has 1 unspecified atom stereocenters. The van der Waals surface area contributed by atoms with Gasteiger partial charge in [0.25, 0.3) is 0 Å². The third-order valence-electron chi connectivity index (χ3n) is 4.95. The molecule has 0 saturated heterocycles. The lowest BCUT2D eigenvalue weighted by Gasteiger charge is -2.33. The van der Waals surface area contributed by atoms with Crippen LogP contribution in [0.2, 0.25) is 0 Å². The van der Waals surface area contributed by atoms with E-state index < -0.39 is 0 Å². The molecule has 0 aliphatic heterocycles. The van der Waals surface area contributed by atoms with Crippen LogP contribution in [0.1, 0.15) is 65.2 Å². The Bertz CT molecular complexity index is 396. The van der Waals surface area contributed by atoms with Crippen molar-refractivity contribution in [2.24, 2.45) is 11.8 Å². The molecule has 0 aromatic carbocycles. The first-order valence-corrected chi connectivity index (χ1v) is 9.25. The molecular weight excluding hydrogens is 286 g/mol. The van der Waals surface area contributed by atoms with Crippen molar-refractivity contribution in [2.45, 2.75) is 77.4 Å². The van der Waals surface area contributed by atoms with E-state index in [0.717, 1.165) is 18.0 Å². The van der Waals surface area contributed by atoms with Crippen molar-refractivity contribution < 1.29 is 0 Å². The lowest BCUT2D eigenvalue weighted by Crippen LogP contribution is -2.57. The minimum absolute atomic E-state index is 0.0274. The molecule has 5 heteroatoms. The standard InChI is InChI=1S/C18H35N5/c1-13(2)17(22-23(4)14(3)12-15-10-11-15)21-18(19)20-16-8-6-5-7-9-16/h13,15-17,22H,3,5-12H2,1-2,4H3,(H3,19,20,21). The zero-order chi connectivity index (χ0) is 16.8. The first-order chi connectivity index (χ1) is 11.0. The van der Waals surface area contributed by atoms with Crippen LogP contribution >= 0.6 is 0 Å². The van der Waals surface area contributed by atoms with Crippen molar-refractivity contribution in [1.82, 2.24) is 21.1 Å². The molecule has 2 aliphatic carbocycles. The topological polar surface area (TPSA) is 63.2 Å². The number of guanidine groups is 1. The van der Waals surface area contributed by atoms with Crippen LogP contribution in [0.25, 0.3) is 0 Å². The van der Waals surface area contributed by atoms with Gasteiger partial charge in [-0.15, -0.1) is 0 Å². The van der Waals surface area contributed by atoms with E-state index in [1.54, 1.807) is 0 Å². The minimum Gasteiger partial charge on any atom is -0.354 e. The average Bonchev–Trinajstić information content (AvgIpc) is 3.31. The summed E-state index contributed by atoms with van der Waals surface area (Å²) in [5, 5.41) is 16.9. The molecule has 2 fully saturated rings. The first kappa shape index (κ1) is 18.1. The van der Waals surface area contributed by atoms with Crippen molar-refractivity contribution >= 4 is 5.96 Å². The molecule has 2 aliphatic rings. The van der Waals surface area contributed by atoms with Crippen molar-refractivity contribution in [3.05, 3.63) is 12.3 Å². The number of allylic oxidation sites excluding steroid dienone is 1. The maximum Gasteiger partial charge on any atom is 0.189 e. The molecule has 0 spiro atoms. The SMILES string of the molecule is C=C(CC1CC1)N(C)NC(NC(=N)NC1CCCCC1)C(C)C. The fourth-order valence-corrected chi connectivity index (χ4v) is 3.09. The van der Waals surface area contributed by atoms with Crippen molar-refractivity contribution in [3.63, 3.8) is 0 Å². The summed E-state index contributed by atoms with van der Waals surface area (Å²) < 4.78 is 0. The van der Waals surface area contributed by atoms with Gasteiger partial charge in [-0.25, -0.2) is 5.43 Å². The van der Waals surface area contributed by atoms with E-state index in [1.165, 1.54) is 44.9 Å². The van der Waals surface area contributed by atoms with Gasteiger partial charge in [0, 0.05) is 18.8 Å². The summed E-state index contributed by atoms with van der Waals surface area (Å²) in [6.07, 6.45) is 10.0. The second kappa shape index (κ2) is 8.57. The Hall–Kier alpha value is -1.23. The Balaban J connectivity index is 1.77. The molecule has 0 bridgehead atoms. The molecule has 5 nitrogen and oxygen atoms in total. The van der Waals surface area contributed by atoms with Gasteiger partial charge in [-0.1, -0.05) is 39.7 Å². The highest BCUT2D eigenvalue weighted by Crippen LogP contribution is 2.35. The summed E-state index contributed by atoms with van der Waals surface area (Å²) in [7, 11) is 2.03. The van der Waals surface area contributed by atoms with Crippen molar-refractivity contribution in [2.75, 3.05) is 7.05 Å². The van der Waals surface area contributed by atoms with Gasteiger partial charge in [0.1, 0.15) is 0 Å². The predicted molar refractivity (Wildman–Crippen MR) is 96.9 cm³/mol. The van der Waals surface area contributed by atoms with Crippen LogP contribution < -0.4 is 16.1 Å². The van der Waals surface area contributed by atoms with Crippen LogP contribution in [0.5, 0.6) is 0 Å². The van der Waals surface area contributed by atoms with E-state index >= 15 is 0 Å². The Labute approximate surface area is 141 Å². The molecule has 1 atom stereocenters. The number of hydrogen-bond donors (Lipinski definition) is 4. The smallest absolute Gasteiger partial charge is 0.189 e. The summed E-state index contributed by atoms with van der Waals surface area (Å²) >= 11 is 0. The third-order valence-corrected chi connectivity index (χ3v) is 4.95. The maximum atomic E-state index is 8.22. The van der Waals surface area contributed by atoms with Crippen LogP contribution in [-0.4, -0.2) is 30.2 Å². The number of hydrazine groups is 1. The highest BCUT2D eigenvalue weighted by molar-refractivity contribution is 5.77. The van der Waals surface area contributed by atoms with Gasteiger partial charge in [-0.2, -0.15) is 0 Å². The number of rotatable bonds is 8. The molecular formula is C18H35N5. The zero-order valence-electron chi connectivity index (χ0n) is 15.1. The van der Waals surface area contributed by atoms with Gasteiger partial charge in [0.05, 0.1) is 6.17 Å². The number of nitrogens with zero attached hydrogens (tertiary/aromatic N) is 1. The van der Waals surface area contributed by atoms with Crippen LogP contribution in [0.4, 0.5) is 0 Å². The Morgan fingerprint density at radius 1 is 1.17 bits per heavy atom. The van der Waals surface area contributed by atoms with E-state index in [-0.39, 0.29) is 6.17 Å². The third kappa shape index (κ3) is 6.42. The van der Waals surface area contributed by atoms with Gasteiger partial charge < -0.3 is 15.6 Å². The van der Waals surface area contributed by atoms with E-state index in [0.29, 0.717) is 17.9 Å². The summed E-state index contributed by atoms with van der Waals surface area (Å²) in [4.78, 5) is 0. The average molecular weight is 322 g/mol. The second-order valence-corrected chi connectivity index (χ2v) is 7.62. The molecule has 132 valence electrons. The normalized spacial score (nSPS) is 20.2. The summed E-state index contributed by atoms with van der Waals surface area (Å²) in [5.74, 6) is 1.65. The minimum atomic E-state index is 0.0274. The van der Waals surface area contributed by atoms with Gasteiger partial charge >= 0.3 is 0 Å². The van der Waals surface area contributed by atoms with Gasteiger partial charge in [-0.05, 0) is 43.9 Å². The first-order valence-electron chi connectivity index (χ1n) is 9.25. The quantitative estimate of drug-likeness (QED) is 0.240. The number of hydrogen-bond acceptors (Lipinski definition) is 3. The largest absolute Gasteiger partial charge is 0.354 e. The lowest BCUT2D eigenvalue weighted by molar-refractivity contribution is 0.197. The van der Waals surface area contributed by atoms with Gasteiger partial charge in [0.2, 0.25) is 0 Å². The fourth-order valence-electron chi connectivity index (χ4n) is 3.09. The molecule has 0 amide bonds. The van der Waals surface area contributed by atoms with Gasteiger partial charge in [-0.3, -0.25) is 5.41 Å². The summed E-state index contributed by atoms with van der Waals surface area (Å²) in [6.45, 7) is 8.51. The summed E-state index contributed by atoms with van der Waals surface area (Å²) in [5.41, 5.74) is 4.59. The second-order valence-electron chi connectivity index (χ2n) is 7.62. The molecule has 2 saturated carbocycles. The Morgan fingerprint density at radius 2 is 1.83 bits per heavy atom. The molecule has 2 rings (SSSR count). The van der Waals surface area contributed by atoms with Crippen LogP contribution in [0.15, 0.2) is 12.3 Å². The number of nitrogens with one attached hydrogen (secondary N) is 4. The lowest BCUT2D eigenvalue weighted by atomic mass is 9.96. The molecule has 23 heavy (non-hydrogen) atoms. The predicted octanol–water partition coefficient (Wildman–Crippen LogP) is 3.17. The van der Waals surface area contributed by atoms with Crippen LogP contribution in [0.3, 0.4) is 0 Å². The van der Waals surface area contributed by atoms with Gasteiger partial charge in [0.15, 0.2) is 5.96 Å². The van der Waals surface area contributed by atoms with E-state index in [1.807, 2.05) is 12.1 Å². The van der Waals surface area contributed by atoms with Crippen molar-refractivity contribution in [1.29, 1.82) is 5.41 Å². The Morgan fingerprint density at radius 3 is 2.39 bits per heavy atom. The molecule has 0 aromatic heterocycles. The van der Waals surface area contributed by atoms with E-state index in [2.05, 4.69) is 36.5 Å². The van der Waals surface area contributed by atoms with E-state index in [9.17, 15) is 0 Å².